The van der Waals surface area contributed by atoms with Gasteiger partial charge in [0.05, 0.1) is 0 Å². The first-order valence-electron chi connectivity index (χ1n) is 7.17. The molecule has 20 heavy (non-hydrogen) atoms. The van der Waals surface area contributed by atoms with Gasteiger partial charge in [0.1, 0.15) is 12.4 Å². The average molecular weight is 269 g/mol. The highest BCUT2D eigenvalue weighted by Crippen LogP contribution is 2.20. The summed E-state index contributed by atoms with van der Waals surface area (Å²) < 4.78 is 5.92. The summed E-state index contributed by atoms with van der Waals surface area (Å²) in [7, 11) is 0. The van der Waals surface area contributed by atoms with Gasteiger partial charge in [0.15, 0.2) is 0 Å². The SMILES string of the molecule is CCNCc1cccc(COc2ccc(C)cc2C)c1. The predicted molar refractivity (Wildman–Crippen MR) is 84.1 cm³/mol. The highest BCUT2D eigenvalue weighted by atomic mass is 16.5. The summed E-state index contributed by atoms with van der Waals surface area (Å²) >= 11 is 0. The van der Waals surface area contributed by atoms with Gasteiger partial charge in [0, 0.05) is 6.54 Å². The summed E-state index contributed by atoms with van der Waals surface area (Å²) in [5.74, 6) is 0.965. The maximum absolute atomic E-state index is 5.92. The Morgan fingerprint density at radius 1 is 1.00 bits per heavy atom. The fourth-order valence-corrected chi connectivity index (χ4v) is 2.22. The Labute approximate surface area is 121 Å². The van der Waals surface area contributed by atoms with Crippen molar-refractivity contribution in [1.29, 1.82) is 0 Å². The first kappa shape index (κ1) is 14.6. The average Bonchev–Trinajstić information content (AvgIpc) is 2.45. The molecule has 2 heteroatoms. The molecule has 2 aromatic carbocycles. The third kappa shape index (κ3) is 4.10. The molecule has 1 N–H and O–H groups in total. The van der Waals surface area contributed by atoms with E-state index < -0.39 is 0 Å². The van der Waals surface area contributed by atoms with Crippen molar-refractivity contribution in [2.75, 3.05) is 6.54 Å². The molecule has 0 atom stereocenters. The highest BCUT2D eigenvalue weighted by Gasteiger charge is 2.01. The summed E-state index contributed by atoms with van der Waals surface area (Å²) in [6.45, 7) is 8.82. The van der Waals surface area contributed by atoms with Crippen LogP contribution >= 0.6 is 0 Å². The van der Waals surface area contributed by atoms with Crippen molar-refractivity contribution in [3.05, 3.63) is 64.7 Å². The van der Waals surface area contributed by atoms with E-state index in [1.165, 1.54) is 22.3 Å². The first-order chi connectivity index (χ1) is 9.69. The second-order valence-electron chi connectivity index (χ2n) is 5.16. The Bertz CT molecular complexity index is 563. The van der Waals surface area contributed by atoms with Gasteiger partial charge in [-0.15, -0.1) is 0 Å². The zero-order chi connectivity index (χ0) is 14.4. The van der Waals surface area contributed by atoms with Gasteiger partial charge in [-0.1, -0.05) is 48.9 Å². The van der Waals surface area contributed by atoms with Gasteiger partial charge in [-0.2, -0.15) is 0 Å². The van der Waals surface area contributed by atoms with Crippen LogP contribution in [0.25, 0.3) is 0 Å². The van der Waals surface area contributed by atoms with E-state index in [1.54, 1.807) is 0 Å². The van der Waals surface area contributed by atoms with Gasteiger partial charge in [-0.3, -0.25) is 0 Å². The molecule has 0 aliphatic heterocycles. The van der Waals surface area contributed by atoms with Crippen LogP contribution in [0, 0.1) is 13.8 Å². The first-order valence-corrected chi connectivity index (χ1v) is 7.17. The normalized spacial score (nSPS) is 10.6. The molecule has 0 fully saturated rings. The van der Waals surface area contributed by atoms with Crippen LogP contribution in [0.15, 0.2) is 42.5 Å². The lowest BCUT2D eigenvalue weighted by Gasteiger charge is -2.11. The molecule has 0 radical (unpaired) electrons. The summed E-state index contributed by atoms with van der Waals surface area (Å²) in [6, 6.07) is 14.8. The maximum atomic E-state index is 5.92. The zero-order valence-corrected chi connectivity index (χ0v) is 12.6. The van der Waals surface area contributed by atoms with E-state index in [1.807, 2.05) is 6.07 Å². The van der Waals surface area contributed by atoms with Crippen LogP contribution in [0.4, 0.5) is 0 Å². The number of rotatable bonds is 6. The Morgan fingerprint density at radius 3 is 2.55 bits per heavy atom. The van der Waals surface area contributed by atoms with Gasteiger partial charge in [0.25, 0.3) is 0 Å². The maximum Gasteiger partial charge on any atom is 0.122 e. The summed E-state index contributed by atoms with van der Waals surface area (Å²) in [5, 5.41) is 3.34. The van der Waals surface area contributed by atoms with E-state index in [0.29, 0.717) is 6.61 Å². The van der Waals surface area contributed by atoms with Crippen LogP contribution in [-0.2, 0) is 13.2 Å². The van der Waals surface area contributed by atoms with Crippen LogP contribution in [-0.4, -0.2) is 6.54 Å². The number of benzene rings is 2. The van der Waals surface area contributed by atoms with E-state index in [2.05, 4.69) is 62.5 Å². The smallest absolute Gasteiger partial charge is 0.122 e. The van der Waals surface area contributed by atoms with E-state index >= 15 is 0 Å². The molecule has 0 saturated heterocycles. The molecule has 0 bridgehead atoms. The largest absolute Gasteiger partial charge is 0.489 e. The van der Waals surface area contributed by atoms with Crippen molar-refractivity contribution in [3.8, 4) is 5.75 Å². The van der Waals surface area contributed by atoms with E-state index in [4.69, 9.17) is 4.74 Å². The number of nitrogens with one attached hydrogen (secondary N) is 1. The standard InChI is InChI=1S/C18H23NO/c1-4-19-12-16-6-5-7-17(11-16)13-20-18-9-8-14(2)10-15(18)3/h5-11,19H,4,12-13H2,1-3H3. The van der Waals surface area contributed by atoms with Crippen molar-refractivity contribution < 1.29 is 4.74 Å². The third-order valence-corrected chi connectivity index (χ3v) is 3.30. The molecule has 0 aromatic heterocycles. The van der Waals surface area contributed by atoms with Gasteiger partial charge in [-0.25, -0.2) is 0 Å². The number of ether oxygens (including phenoxy) is 1. The zero-order valence-electron chi connectivity index (χ0n) is 12.6. The Kier molecular flexibility index (Phi) is 5.19. The topological polar surface area (TPSA) is 21.3 Å². The Morgan fingerprint density at radius 2 is 1.80 bits per heavy atom. The lowest BCUT2D eigenvalue weighted by Crippen LogP contribution is -2.11. The Balaban J connectivity index is 1.99. The van der Waals surface area contributed by atoms with Gasteiger partial charge < -0.3 is 10.1 Å². The monoisotopic (exact) mass is 269 g/mol. The minimum Gasteiger partial charge on any atom is -0.489 e. The van der Waals surface area contributed by atoms with E-state index in [-0.39, 0.29) is 0 Å². The summed E-state index contributed by atoms with van der Waals surface area (Å²) in [5.41, 5.74) is 4.96. The second kappa shape index (κ2) is 7.11. The molecule has 0 unspecified atom stereocenters. The molecule has 2 nitrogen and oxygen atoms in total. The van der Waals surface area contributed by atoms with Crippen LogP contribution in [0.5, 0.6) is 5.75 Å². The minimum atomic E-state index is 0.615. The van der Waals surface area contributed by atoms with Crippen molar-refractivity contribution in [2.24, 2.45) is 0 Å². The van der Waals surface area contributed by atoms with E-state index in [9.17, 15) is 0 Å². The molecule has 2 aromatic rings. The van der Waals surface area contributed by atoms with Crippen molar-refractivity contribution >= 4 is 0 Å². The molecule has 0 spiro atoms. The Hall–Kier alpha value is -1.80. The van der Waals surface area contributed by atoms with Crippen LogP contribution in [0.2, 0.25) is 0 Å². The molecular weight excluding hydrogens is 246 g/mol. The highest BCUT2D eigenvalue weighted by molar-refractivity contribution is 5.36. The molecule has 0 aliphatic carbocycles. The van der Waals surface area contributed by atoms with Crippen molar-refractivity contribution in [2.45, 2.75) is 33.9 Å². The van der Waals surface area contributed by atoms with Crippen molar-refractivity contribution in [1.82, 2.24) is 5.32 Å². The second-order valence-corrected chi connectivity index (χ2v) is 5.16. The van der Waals surface area contributed by atoms with Crippen LogP contribution in [0.3, 0.4) is 0 Å². The third-order valence-electron chi connectivity index (χ3n) is 3.30. The molecule has 0 amide bonds. The molecular formula is C18H23NO. The fourth-order valence-electron chi connectivity index (χ4n) is 2.22. The summed E-state index contributed by atoms with van der Waals surface area (Å²) in [6.07, 6.45) is 0. The molecule has 0 saturated carbocycles. The fraction of sp³-hybridized carbons (Fsp3) is 0.333. The van der Waals surface area contributed by atoms with Crippen molar-refractivity contribution in [3.63, 3.8) is 0 Å². The molecule has 0 heterocycles. The lowest BCUT2D eigenvalue weighted by molar-refractivity contribution is 0.304. The van der Waals surface area contributed by atoms with Crippen LogP contribution in [0.1, 0.15) is 29.2 Å². The predicted octanol–water partition coefficient (Wildman–Crippen LogP) is 3.99. The number of aryl methyl sites for hydroxylation is 2. The van der Waals surface area contributed by atoms with Crippen LogP contribution < -0.4 is 10.1 Å². The number of hydrogen-bond donors (Lipinski definition) is 1. The molecule has 0 aliphatic rings. The molecule has 2 rings (SSSR count). The van der Waals surface area contributed by atoms with Gasteiger partial charge in [-0.05, 0) is 43.1 Å². The van der Waals surface area contributed by atoms with Gasteiger partial charge in [0.2, 0.25) is 0 Å². The quantitative estimate of drug-likeness (QED) is 0.856. The van der Waals surface area contributed by atoms with E-state index in [0.717, 1.165) is 18.8 Å². The summed E-state index contributed by atoms with van der Waals surface area (Å²) in [4.78, 5) is 0. The molecule has 106 valence electrons. The van der Waals surface area contributed by atoms with Gasteiger partial charge >= 0.3 is 0 Å². The lowest BCUT2D eigenvalue weighted by atomic mass is 10.1. The number of hydrogen-bond acceptors (Lipinski definition) is 2. The minimum absolute atomic E-state index is 0.615.